The van der Waals surface area contributed by atoms with E-state index in [1.54, 1.807) is 7.11 Å². The molecule has 44 heavy (non-hydrogen) atoms. The van der Waals surface area contributed by atoms with Gasteiger partial charge in [0.1, 0.15) is 35.1 Å². The highest BCUT2D eigenvalue weighted by atomic mass is 16.5. The minimum atomic E-state index is -0.832. The van der Waals surface area contributed by atoms with Gasteiger partial charge in [-0.3, -0.25) is 0 Å². The van der Waals surface area contributed by atoms with E-state index in [-0.39, 0.29) is 22.3 Å². The number of hydrogen-bond donors (Lipinski definition) is 0. The van der Waals surface area contributed by atoms with E-state index in [9.17, 15) is 15.8 Å². The molecule has 0 unspecified atom stereocenters. The number of ether oxygens (including phenoxy) is 2. The summed E-state index contributed by atoms with van der Waals surface area (Å²) >= 11 is 0. The fourth-order valence-electron chi connectivity index (χ4n) is 5.77. The maximum absolute atomic E-state index is 9.81. The molecule has 1 aromatic carbocycles. The lowest BCUT2D eigenvalue weighted by Crippen LogP contribution is -2.25. The van der Waals surface area contributed by atoms with E-state index in [2.05, 4.69) is 81.2 Å². The van der Waals surface area contributed by atoms with Gasteiger partial charge in [-0.15, -0.1) is 0 Å². The molecule has 0 amide bonds. The molecule has 0 atom stereocenters. The van der Waals surface area contributed by atoms with Gasteiger partial charge in [-0.1, -0.05) is 77.0 Å². The van der Waals surface area contributed by atoms with Gasteiger partial charge in [-0.05, 0) is 68.2 Å². The second kappa shape index (κ2) is 15.3. The van der Waals surface area contributed by atoms with Crippen LogP contribution >= 0.6 is 0 Å². The Balaban J connectivity index is 1.90. The Kier molecular flexibility index (Phi) is 11.8. The van der Waals surface area contributed by atoms with E-state index in [0.717, 1.165) is 37.2 Å². The van der Waals surface area contributed by atoms with Gasteiger partial charge in [0, 0.05) is 36.0 Å². The van der Waals surface area contributed by atoms with E-state index in [1.165, 1.54) is 42.5 Å². The highest BCUT2D eigenvalue weighted by Gasteiger charge is 2.38. The van der Waals surface area contributed by atoms with Crippen LogP contribution < -0.4 is 9.64 Å². The van der Waals surface area contributed by atoms with Crippen molar-refractivity contribution in [2.75, 3.05) is 25.1 Å². The molecule has 1 heterocycles. The monoisotopic (exact) mass is 590 g/mol. The average molecular weight is 591 g/mol. The Labute approximate surface area is 264 Å². The SMILES string of the molecule is CCCCN(CCCC)c1ccc(/C=C/C2=CC(=CC=CC3=C(C#N)C(=C(C#N)C#N)OC3(C)C)CC(C)(C)C2)c(OC)c1. The zero-order valence-corrected chi connectivity index (χ0v) is 27.5. The third-order valence-electron chi connectivity index (χ3n) is 8.00. The van der Waals surface area contributed by atoms with Crippen molar-refractivity contribution in [3.8, 4) is 24.0 Å². The summed E-state index contributed by atoms with van der Waals surface area (Å²) in [4.78, 5) is 2.47. The van der Waals surface area contributed by atoms with Gasteiger partial charge in [-0.2, -0.15) is 15.8 Å². The summed E-state index contributed by atoms with van der Waals surface area (Å²) in [7, 11) is 1.74. The third kappa shape index (κ3) is 8.55. The van der Waals surface area contributed by atoms with Crippen LogP contribution in [0.2, 0.25) is 0 Å². The molecule has 2 aliphatic rings. The van der Waals surface area contributed by atoms with Gasteiger partial charge < -0.3 is 14.4 Å². The summed E-state index contributed by atoms with van der Waals surface area (Å²) in [5, 5.41) is 28.5. The Hall–Kier alpha value is -4.47. The second-order valence-electron chi connectivity index (χ2n) is 12.7. The van der Waals surface area contributed by atoms with Crippen molar-refractivity contribution in [3.63, 3.8) is 0 Å². The van der Waals surface area contributed by atoms with Gasteiger partial charge in [0.2, 0.25) is 0 Å². The first-order valence-corrected chi connectivity index (χ1v) is 15.6. The second-order valence-corrected chi connectivity index (χ2v) is 12.7. The van der Waals surface area contributed by atoms with Crippen LogP contribution in [0, 0.1) is 39.4 Å². The number of allylic oxidation sites excluding steroid dienone is 8. The van der Waals surface area contributed by atoms with Crippen molar-refractivity contribution in [3.05, 3.63) is 87.8 Å². The van der Waals surface area contributed by atoms with Crippen LogP contribution in [0.3, 0.4) is 0 Å². The fourth-order valence-corrected chi connectivity index (χ4v) is 5.77. The Morgan fingerprint density at radius 2 is 1.66 bits per heavy atom. The summed E-state index contributed by atoms with van der Waals surface area (Å²) in [6.07, 6.45) is 19.0. The van der Waals surface area contributed by atoms with E-state index < -0.39 is 5.60 Å². The van der Waals surface area contributed by atoms with Crippen molar-refractivity contribution >= 4 is 11.8 Å². The quantitative estimate of drug-likeness (QED) is 0.225. The van der Waals surface area contributed by atoms with Crippen LogP contribution in [0.4, 0.5) is 5.69 Å². The van der Waals surface area contributed by atoms with Crippen molar-refractivity contribution < 1.29 is 9.47 Å². The Bertz CT molecular complexity index is 1500. The molecule has 0 fully saturated rings. The van der Waals surface area contributed by atoms with E-state index in [0.29, 0.717) is 5.57 Å². The molecule has 3 rings (SSSR count). The molecule has 0 N–H and O–H groups in total. The van der Waals surface area contributed by atoms with Crippen molar-refractivity contribution in [1.82, 2.24) is 0 Å². The van der Waals surface area contributed by atoms with Crippen molar-refractivity contribution in [2.45, 2.75) is 85.7 Å². The molecule has 1 aliphatic heterocycles. The lowest BCUT2D eigenvalue weighted by molar-refractivity contribution is 0.0954. The maximum Gasteiger partial charge on any atom is 0.172 e. The molecule has 0 spiro atoms. The predicted molar refractivity (Wildman–Crippen MR) is 178 cm³/mol. The first kappa shape index (κ1) is 34.0. The number of nitriles is 3. The Morgan fingerprint density at radius 3 is 2.25 bits per heavy atom. The molecule has 230 valence electrons. The van der Waals surface area contributed by atoms with Crippen LogP contribution in [0.1, 0.15) is 85.6 Å². The highest BCUT2D eigenvalue weighted by molar-refractivity contribution is 5.65. The van der Waals surface area contributed by atoms with Crippen LogP contribution in [0.15, 0.2) is 82.2 Å². The van der Waals surface area contributed by atoms with Crippen LogP contribution in [0.25, 0.3) is 6.08 Å². The molecule has 0 saturated heterocycles. The van der Waals surface area contributed by atoms with Gasteiger partial charge in [0.25, 0.3) is 0 Å². The third-order valence-corrected chi connectivity index (χ3v) is 8.00. The molecular formula is C38H46N4O2. The maximum atomic E-state index is 9.81. The first-order valence-electron chi connectivity index (χ1n) is 15.6. The standard InChI is InChI=1S/C38H46N4O2/c1-8-10-19-42(20-11-9-2)32-18-17-30(35(22-32)43-7)16-15-29-21-28(23-37(3,4)24-29)13-12-14-34-33(27-41)36(31(25-39)26-40)44-38(34,5)6/h12-18,21-22H,8-11,19-20,23-24H2,1-7H3/b14-12?,16-15+,28-13?. The van der Waals surface area contributed by atoms with Crippen LogP contribution in [0.5, 0.6) is 5.75 Å². The smallest absolute Gasteiger partial charge is 0.172 e. The number of nitrogens with zero attached hydrogens (tertiary/aromatic N) is 4. The molecule has 0 radical (unpaired) electrons. The van der Waals surface area contributed by atoms with Gasteiger partial charge in [-0.25, -0.2) is 0 Å². The highest BCUT2D eigenvalue weighted by Crippen LogP contribution is 2.41. The van der Waals surface area contributed by atoms with Gasteiger partial charge in [0.15, 0.2) is 11.3 Å². The van der Waals surface area contributed by atoms with Crippen LogP contribution in [-0.4, -0.2) is 25.8 Å². The summed E-state index contributed by atoms with van der Waals surface area (Å²) in [6, 6.07) is 12.3. The predicted octanol–water partition coefficient (Wildman–Crippen LogP) is 9.27. The summed E-state index contributed by atoms with van der Waals surface area (Å²) in [6.45, 7) is 14.8. The Morgan fingerprint density at radius 1 is 0.977 bits per heavy atom. The molecule has 0 aromatic heterocycles. The number of benzene rings is 1. The number of methoxy groups -OCH3 is 1. The number of anilines is 1. The molecular weight excluding hydrogens is 544 g/mol. The lowest BCUT2D eigenvalue weighted by Gasteiger charge is -2.30. The zero-order valence-electron chi connectivity index (χ0n) is 27.5. The molecule has 1 aromatic rings. The van der Waals surface area contributed by atoms with Gasteiger partial charge >= 0.3 is 0 Å². The molecule has 0 bridgehead atoms. The average Bonchev–Trinajstić information content (AvgIpc) is 3.25. The molecule has 0 saturated carbocycles. The summed E-state index contributed by atoms with van der Waals surface area (Å²) in [5.41, 5.74) is 4.61. The lowest BCUT2D eigenvalue weighted by atomic mass is 9.75. The van der Waals surface area contributed by atoms with Crippen molar-refractivity contribution in [1.29, 1.82) is 15.8 Å². The number of hydrogen-bond acceptors (Lipinski definition) is 6. The van der Waals surface area contributed by atoms with Gasteiger partial charge in [0.05, 0.1) is 7.11 Å². The topological polar surface area (TPSA) is 93.1 Å². The van der Waals surface area contributed by atoms with E-state index in [4.69, 9.17) is 9.47 Å². The minimum absolute atomic E-state index is 0.0546. The first-order chi connectivity index (χ1) is 21.0. The summed E-state index contributed by atoms with van der Waals surface area (Å²) < 4.78 is 11.7. The zero-order chi connectivity index (χ0) is 32.3. The number of rotatable bonds is 12. The number of unbranched alkanes of at least 4 members (excludes halogenated alkanes) is 2. The van der Waals surface area contributed by atoms with Crippen molar-refractivity contribution in [2.24, 2.45) is 5.41 Å². The summed E-state index contributed by atoms with van der Waals surface area (Å²) in [5.74, 6) is 0.928. The molecule has 6 nitrogen and oxygen atoms in total. The minimum Gasteiger partial charge on any atom is -0.496 e. The fraction of sp³-hybridized carbons (Fsp3) is 0.447. The normalized spacial score (nSPS) is 18.1. The largest absolute Gasteiger partial charge is 0.496 e. The molecule has 1 aliphatic carbocycles. The van der Waals surface area contributed by atoms with Crippen LogP contribution in [-0.2, 0) is 4.74 Å². The molecule has 6 heteroatoms. The van der Waals surface area contributed by atoms with E-state index >= 15 is 0 Å². The van der Waals surface area contributed by atoms with E-state index in [1.807, 2.05) is 38.1 Å².